The quantitative estimate of drug-likeness (QED) is 0.471. The highest BCUT2D eigenvalue weighted by molar-refractivity contribution is 8.16. The molecule has 1 atom stereocenters. The molecule has 2 aliphatic heterocycles. The van der Waals surface area contributed by atoms with Crippen LogP contribution in [0.3, 0.4) is 0 Å². The monoisotopic (exact) mass is 440 g/mol. The van der Waals surface area contributed by atoms with Crippen LogP contribution in [0.1, 0.15) is 48.0 Å². The summed E-state index contributed by atoms with van der Waals surface area (Å²) in [4.78, 5) is 13.5. The minimum atomic E-state index is -0.978. The lowest BCUT2D eigenvalue weighted by Gasteiger charge is -2.54. The van der Waals surface area contributed by atoms with Crippen LogP contribution < -0.4 is 9.75 Å². The first-order valence-electron chi connectivity index (χ1n) is 11.2. The van der Waals surface area contributed by atoms with Crippen LogP contribution in [0.25, 0.3) is 0 Å². The fourth-order valence-electron chi connectivity index (χ4n) is 5.28. The van der Waals surface area contributed by atoms with Crippen LogP contribution in [0.4, 0.5) is 5.69 Å². The van der Waals surface area contributed by atoms with E-state index < -0.39 is 10.5 Å². The van der Waals surface area contributed by atoms with E-state index in [1.54, 1.807) is 11.8 Å². The molecule has 3 aromatic carbocycles. The number of benzene rings is 3. The van der Waals surface area contributed by atoms with Crippen LogP contribution in [0.15, 0.2) is 90.0 Å². The number of fused-ring (bicyclic) bond motifs is 2. The SMILES string of the molecule is O=C1c2ccccc2OC2(CCCCC2)[C@@]12SC(c1ccccc1)=NN2c1ccccc1. The van der Waals surface area contributed by atoms with Gasteiger partial charge in [0.25, 0.3) is 0 Å². The summed E-state index contributed by atoms with van der Waals surface area (Å²) < 4.78 is 6.85. The molecule has 0 saturated heterocycles. The number of nitrogens with zero attached hydrogens (tertiary/aromatic N) is 2. The summed E-state index contributed by atoms with van der Waals surface area (Å²) in [5, 5.41) is 7.91. The van der Waals surface area contributed by atoms with E-state index in [1.165, 1.54) is 6.42 Å². The second kappa shape index (κ2) is 7.52. The molecule has 32 heavy (non-hydrogen) atoms. The molecular formula is C27H24N2O2S. The van der Waals surface area contributed by atoms with Crippen molar-refractivity contribution in [2.24, 2.45) is 5.10 Å². The Bertz CT molecular complexity index is 1190. The Hall–Kier alpha value is -3.05. The number of hydrazone groups is 1. The van der Waals surface area contributed by atoms with Crippen molar-refractivity contribution in [2.75, 3.05) is 5.01 Å². The Labute approximate surface area is 192 Å². The molecule has 0 N–H and O–H groups in total. The average Bonchev–Trinajstić information content (AvgIpc) is 3.27. The van der Waals surface area contributed by atoms with Crippen molar-refractivity contribution in [1.29, 1.82) is 0 Å². The van der Waals surface area contributed by atoms with Gasteiger partial charge >= 0.3 is 0 Å². The average molecular weight is 441 g/mol. The number of carbonyl (C=O) groups excluding carboxylic acids is 1. The molecule has 0 radical (unpaired) electrons. The summed E-state index contributed by atoms with van der Waals surface area (Å²) in [6.45, 7) is 0. The molecule has 0 aromatic heterocycles. The molecule has 5 heteroatoms. The number of anilines is 1. The summed E-state index contributed by atoms with van der Waals surface area (Å²) in [5.41, 5.74) is 1.93. The van der Waals surface area contributed by atoms with E-state index in [-0.39, 0.29) is 5.78 Å². The fourth-order valence-corrected chi connectivity index (χ4v) is 6.80. The van der Waals surface area contributed by atoms with E-state index in [4.69, 9.17) is 9.84 Å². The van der Waals surface area contributed by atoms with E-state index in [0.29, 0.717) is 11.3 Å². The van der Waals surface area contributed by atoms with Crippen molar-refractivity contribution >= 4 is 28.3 Å². The van der Waals surface area contributed by atoms with E-state index in [9.17, 15) is 4.79 Å². The lowest BCUT2D eigenvalue weighted by molar-refractivity contribution is -0.0118. The smallest absolute Gasteiger partial charge is 0.216 e. The van der Waals surface area contributed by atoms with Crippen molar-refractivity contribution in [3.63, 3.8) is 0 Å². The first-order chi connectivity index (χ1) is 15.7. The minimum absolute atomic E-state index is 0.0878. The van der Waals surface area contributed by atoms with Gasteiger partial charge in [-0.05, 0) is 49.9 Å². The number of ether oxygens (including phenoxy) is 1. The molecule has 4 nitrogen and oxygen atoms in total. The largest absolute Gasteiger partial charge is 0.483 e. The number of thioether (sulfide) groups is 1. The van der Waals surface area contributed by atoms with Gasteiger partial charge in [0, 0.05) is 5.56 Å². The van der Waals surface area contributed by atoms with Gasteiger partial charge in [-0.15, -0.1) is 0 Å². The van der Waals surface area contributed by atoms with Gasteiger partial charge in [-0.2, -0.15) is 5.10 Å². The summed E-state index contributed by atoms with van der Waals surface area (Å²) in [7, 11) is 0. The third-order valence-corrected chi connectivity index (χ3v) is 8.32. The summed E-state index contributed by atoms with van der Waals surface area (Å²) in [6, 6.07) is 27.9. The lowest BCUT2D eigenvalue weighted by Crippen LogP contribution is -2.69. The molecule has 0 amide bonds. The fraction of sp³-hybridized carbons (Fsp3) is 0.259. The molecule has 3 aromatic rings. The topological polar surface area (TPSA) is 41.9 Å². The molecule has 2 spiro atoms. The Balaban J connectivity index is 1.59. The summed E-state index contributed by atoms with van der Waals surface area (Å²) >= 11 is 1.57. The number of carbonyl (C=O) groups is 1. The third kappa shape index (κ3) is 2.77. The second-order valence-corrected chi connectivity index (χ2v) is 9.83. The number of Topliss-reactive ketones (excluding diaryl/α,β-unsaturated/α-hetero) is 1. The maximum Gasteiger partial charge on any atom is 0.216 e. The Morgan fingerprint density at radius 3 is 2.22 bits per heavy atom. The van der Waals surface area contributed by atoms with Crippen LogP contribution in [0, 0.1) is 0 Å². The standard InChI is InChI=1S/C27H24N2O2S/c30-24-22-16-8-9-17-23(22)31-26(18-10-3-11-19-26)27(24)29(21-14-6-2-7-15-21)28-25(32-27)20-12-4-1-5-13-20/h1-2,4-9,12-17H,3,10-11,18-19H2/t27-/m0/s1. The lowest BCUT2D eigenvalue weighted by atomic mass is 9.73. The highest BCUT2D eigenvalue weighted by Crippen LogP contribution is 2.58. The minimum Gasteiger partial charge on any atom is -0.483 e. The molecular weight excluding hydrogens is 416 g/mol. The number of rotatable bonds is 2. The van der Waals surface area contributed by atoms with E-state index >= 15 is 0 Å². The van der Waals surface area contributed by atoms with Crippen LogP contribution in [0.5, 0.6) is 5.75 Å². The summed E-state index contributed by atoms with van der Waals surface area (Å²) in [6.07, 6.45) is 4.92. The highest BCUT2D eigenvalue weighted by atomic mass is 32.2. The third-order valence-electron chi connectivity index (χ3n) is 6.78. The van der Waals surface area contributed by atoms with Crippen molar-refractivity contribution in [1.82, 2.24) is 0 Å². The molecule has 1 aliphatic carbocycles. The number of ketones is 1. The molecule has 0 unspecified atom stereocenters. The molecule has 160 valence electrons. The van der Waals surface area contributed by atoms with E-state index in [0.717, 1.165) is 42.0 Å². The maximum absolute atomic E-state index is 14.5. The Kier molecular flexibility index (Phi) is 4.61. The van der Waals surface area contributed by atoms with Crippen molar-refractivity contribution in [3.05, 3.63) is 96.1 Å². The number of para-hydroxylation sites is 2. The molecule has 3 aliphatic rings. The maximum atomic E-state index is 14.5. The van der Waals surface area contributed by atoms with E-state index in [2.05, 4.69) is 12.1 Å². The van der Waals surface area contributed by atoms with Crippen LogP contribution in [-0.2, 0) is 0 Å². The van der Waals surface area contributed by atoms with Gasteiger partial charge in [-0.25, -0.2) is 5.01 Å². The van der Waals surface area contributed by atoms with Crippen molar-refractivity contribution in [3.8, 4) is 5.75 Å². The van der Waals surface area contributed by atoms with Gasteiger partial charge in [0.2, 0.25) is 10.7 Å². The molecule has 1 saturated carbocycles. The zero-order chi connectivity index (χ0) is 21.6. The van der Waals surface area contributed by atoms with Gasteiger partial charge in [-0.3, -0.25) is 4.79 Å². The highest BCUT2D eigenvalue weighted by Gasteiger charge is 2.68. The second-order valence-electron chi connectivity index (χ2n) is 8.65. The van der Waals surface area contributed by atoms with Crippen LogP contribution in [0.2, 0.25) is 0 Å². The predicted octanol–water partition coefficient (Wildman–Crippen LogP) is 6.28. The van der Waals surface area contributed by atoms with Gasteiger partial charge in [0.1, 0.15) is 10.8 Å². The zero-order valence-corrected chi connectivity index (χ0v) is 18.6. The molecule has 0 bridgehead atoms. The molecule has 1 fully saturated rings. The Morgan fingerprint density at radius 2 is 1.47 bits per heavy atom. The Morgan fingerprint density at radius 1 is 0.812 bits per heavy atom. The number of hydrogen-bond donors (Lipinski definition) is 0. The van der Waals surface area contributed by atoms with Gasteiger partial charge < -0.3 is 4.74 Å². The molecule has 2 heterocycles. The van der Waals surface area contributed by atoms with Gasteiger partial charge in [0.15, 0.2) is 5.60 Å². The molecule has 6 rings (SSSR count). The van der Waals surface area contributed by atoms with Crippen LogP contribution in [-0.4, -0.2) is 21.3 Å². The first kappa shape index (κ1) is 19.6. The first-order valence-corrected chi connectivity index (χ1v) is 12.1. The van der Waals surface area contributed by atoms with Crippen molar-refractivity contribution < 1.29 is 9.53 Å². The van der Waals surface area contributed by atoms with Gasteiger partial charge in [-0.1, -0.05) is 78.8 Å². The van der Waals surface area contributed by atoms with Gasteiger partial charge in [0.05, 0.1) is 11.3 Å². The van der Waals surface area contributed by atoms with Crippen LogP contribution >= 0.6 is 11.8 Å². The van der Waals surface area contributed by atoms with E-state index in [1.807, 2.05) is 77.8 Å². The normalized spacial score (nSPS) is 23.7. The zero-order valence-electron chi connectivity index (χ0n) is 17.7. The van der Waals surface area contributed by atoms with Crippen molar-refractivity contribution in [2.45, 2.75) is 42.6 Å². The predicted molar refractivity (Wildman–Crippen MR) is 129 cm³/mol. The number of hydrogen-bond acceptors (Lipinski definition) is 5. The summed E-state index contributed by atoms with van der Waals surface area (Å²) in [5.74, 6) is 0.789.